The van der Waals surface area contributed by atoms with Crippen molar-refractivity contribution in [3.63, 3.8) is 0 Å². The minimum atomic E-state index is -0.412. The first-order chi connectivity index (χ1) is 16.0. The summed E-state index contributed by atoms with van der Waals surface area (Å²) in [7, 11) is 1.71. The Morgan fingerprint density at radius 2 is 1.67 bits per heavy atom. The summed E-state index contributed by atoms with van der Waals surface area (Å²) in [5, 5.41) is 9.50. The van der Waals surface area contributed by atoms with E-state index in [-0.39, 0.29) is 11.6 Å². The molecule has 4 rings (SSSR count). The minimum absolute atomic E-state index is 0.236. The Morgan fingerprint density at radius 3 is 2.39 bits per heavy atom. The highest BCUT2D eigenvalue weighted by atomic mass is 16.2. The summed E-state index contributed by atoms with van der Waals surface area (Å²) in [6.07, 6.45) is 3.30. The molecule has 8 heteroatoms. The molecular formula is C25H24N6O2. The number of benzene rings is 1. The average molecular weight is 441 g/mol. The van der Waals surface area contributed by atoms with Gasteiger partial charge in [0, 0.05) is 17.8 Å². The molecule has 3 aromatic heterocycles. The van der Waals surface area contributed by atoms with Crippen molar-refractivity contribution in [2.24, 2.45) is 0 Å². The number of aromatic nitrogens is 3. The van der Waals surface area contributed by atoms with Crippen LogP contribution in [0.15, 0.2) is 67.0 Å². The lowest BCUT2D eigenvalue weighted by Crippen LogP contribution is -2.35. The predicted octanol–water partition coefficient (Wildman–Crippen LogP) is 3.80. The molecule has 2 amide bonds. The topological polar surface area (TPSA) is 109 Å². The van der Waals surface area contributed by atoms with Gasteiger partial charge < -0.3 is 16.0 Å². The molecule has 3 N–H and O–H groups in total. The Balaban J connectivity index is 1.81. The molecule has 1 atom stereocenters. The quantitative estimate of drug-likeness (QED) is 0.421. The second-order valence-corrected chi connectivity index (χ2v) is 7.62. The third-order valence-electron chi connectivity index (χ3n) is 5.32. The SMILES string of the molecule is CNC(C)C(=O)Nc1cc(-c2c(C)ccc3ncccc23)cc(NC(=O)c2ccccn2)n1. The van der Waals surface area contributed by atoms with Crippen LogP contribution in [-0.2, 0) is 4.79 Å². The average Bonchev–Trinajstić information content (AvgIpc) is 2.83. The lowest BCUT2D eigenvalue weighted by Gasteiger charge is -2.15. The lowest BCUT2D eigenvalue weighted by molar-refractivity contribution is -0.117. The van der Waals surface area contributed by atoms with E-state index >= 15 is 0 Å². The molecule has 33 heavy (non-hydrogen) atoms. The maximum Gasteiger partial charge on any atom is 0.275 e. The fraction of sp³-hybridized carbons (Fsp3) is 0.160. The Hall–Kier alpha value is -4.17. The minimum Gasteiger partial charge on any atom is -0.309 e. The molecule has 0 spiro atoms. The zero-order valence-electron chi connectivity index (χ0n) is 18.6. The zero-order chi connectivity index (χ0) is 23.4. The van der Waals surface area contributed by atoms with Crippen molar-refractivity contribution < 1.29 is 9.59 Å². The summed E-state index contributed by atoms with van der Waals surface area (Å²) in [4.78, 5) is 38.2. The molecule has 0 saturated heterocycles. The second-order valence-electron chi connectivity index (χ2n) is 7.62. The van der Waals surface area contributed by atoms with Gasteiger partial charge in [-0.2, -0.15) is 0 Å². The fourth-order valence-corrected chi connectivity index (χ4v) is 3.49. The number of fused-ring (bicyclic) bond motifs is 1. The van der Waals surface area contributed by atoms with Gasteiger partial charge in [-0.1, -0.05) is 18.2 Å². The highest BCUT2D eigenvalue weighted by Gasteiger charge is 2.16. The molecule has 0 bridgehead atoms. The van der Waals surface area contributed by atoms with E-state index in [1.165, 1.54) is 0 Å². The normalized spacial score (nSPS) is 11.7. The van der Waals surface area contributed by atoms with Gasteiger partial charge in [-0.3, -0.25) is 19.6 Å². The molecule has 1 aromatic carbocycles. The number of carbonyl (C=O) groups is 2. The third-order valence-corrected chi connectivity index (χ3v) is 5.32. The van der Waals surface area contributed by atoms with Crippen LogP contribution in [-0.4, -0.2) is 39.9 Å². The summed E-state index contributed by atoms with van der Waals surface area (Å²) in [5.74, 6) is 0.00459. The van der Waals surface area contributed by atoms with E-state index in [9.17, 15) is 9.59 Å². The van der Waals surface area contributed by atoms with Crippen molar-refractivity contribution in [3.8, 4) is 11.1 Å². The van der Waals surface area contributed by atoms with Crippen LogP contribution in [0.1, 0.15) is 23.0 Å². The number of likely N-dealkylation sites (N-methyl/N-ethyl adjacent to an activating group) is 1. The van der Waals surface area contributed by atoms with Crippen molar-refractivity contribution in [1.82, 2.24) is 20.3 Å². The van der Waals surface area contributed by atoms with Crippen LogP contribution in [0.25, 0.3) is 22.0 Å². The van der Waals surface area contributed by atoms with Crippen molar-refractivity contribution in [1.29, 1.82) is 0 Å². The van der Waals surface area contributed by atoms with Gasteiger partial charge in [0.25, 0.3) is 5.91 Å². The van der Waals surface area contributed by atoms with Crippen molar-refractivity contribution in [3.05, 3.63) is 78.2 Å². The second kappa shape index (κ2) is 9.54. The van der Waals surface area contributed by atoms with Gasteiger partial charge in [0.1, 0.15) is 17.3 Å². The molecule has 166 valence electrons. The summed E-state index contributed by atoms with van der Waals surface area (Å²) in [5.41, 5.74) is 3.90. The highest BCUT2D eigenvalue weighted by Crippen LogP contribution is 2.33. The third kappa shape index (κ3) is 4.86. The van der Waals surface area contributed by atoms with Crippen molar-refractivity contribution >= 4 is 34.4 Å². The zero-order valence-corrected chi connectivity index (χ0v) is 18.6. The van der Waals surface area contributed by atoms with Crippen LogP contribution in [0, 0.1) is 6.92 Å². The Morgan fingerprint density at radius 1 is 0.909 bits per heavy atom. The van der Waals surface area contributed by atoms with E-state index in [1.54, 1.807) is 56.7 Å². The van der Waals surface area contributed by atoms with Gasteiger partial charge >= 0.3 is 0 Å². The van der Waals surface area contributed by atoms with Crippen molar-refractivity contribution in [2.75, 3.05) is 17.7 Å². The molecule has 3 heterocycles. The van der Waals surface area contributed by atoms with Gasteiger partial charge in [0.05, 0.1) is 11.6 Å². The number of pyridine rings is 3. The molecule has 0 aliphatic carbocycles. The maximum atomic E-state index is 12.7. The van der Waals surface area contributed by atoms with E-state index in [4.69, 9.17) is 0 Å². The van der Waals surface area contributed by atoms with E-state index in [0.717, 1.165) is 27.6 Å². The van der Waals surface area contributed by atoms with Gasteiger partial charge in [0.15, 0.2) is 0 Å². The van der Waals surface area contributed by atoms with Crippen LogP contribution in [0.3, 0.4) is 0 Å². The smallest absolute Gasteiger partial charge is 0.275 e. The number of amides is 2. The first-order valence-corrected chi connectivity index (χ1v) is 10.5. The van der Waals surface area contributed by atoms with Gasteiger partial charge in [-0.15, -0.1) is 0 Å². The standard InChI is InChI=1S/C25H24N6O2/c1-15-9-10-19-18(7-6-12-27-19)23(15)17-13-21(30-24(32)16(2)26-3)29-22(14-17)31-25(33)20-8-4-5-11-28-20/h4-14,16,26H,1-3H3,(H2,29,30,31,32,33). The van der Waals surface area contributed by atoms with E-state index in [1.807, 2.05) is 31.2 Å². The van der Waals surface area contributed by atoms with E-state index in [2.05, 4.69) is 30.9 Å². The lowest BCUT2D eigenvalue weighted by atomic mass is 9.96. The maximum absolute atomic E-state index is 12.7. The van der Waals surface area contributed by atoms with Gasteiger partial charge in [0.2, 0.25) is 5.91 Å². The molecule has 0 aliphatic rings. The molecule has 4 aromatic rings. The number of hydrogen-bond acceptors (Lipinski definition) is 6. The van der Waals surface area contributed by atoms with E-state index in [0.29, 0.717) is 11.6 Å². The number of nitrogens with one attached hydrogen (secondary N) is 3. The van der Waals surface area contributed by atoms with Crippen molar-refractivity contribution in [2.45, 2.75) is 19.9 Å². The van der Waals surface area contributed by atoms with Crippen LogP contribution >= 0.6 is 0 Å². The van der Waals surface area contributed by atoms with Gasteiger partial charge in [-0.25, -0.2) is 4.98 Å². The van der Waals surface area contributed by atoms with Crippen LogP contribution in [0.2, 0.25) is 0 Å². The van der Waals surface area contributed by atoms with Gasteiger partial charge in [-0.05, 0) is 74.0 Å². The van der Waals surface area contributed by atoms with Crippen LogP contribution in [0.5, 0.6) is 0 Å². The van der Waals surface area contributed by atoms with E-state index < -0.39 is 11.9 Å². The van der Waals surface area contributed by atoms with Crippen LogP contribution in [0.4, 0.5) is 11.6 Å². The number of rotatable bonds is 6. The molecule has 0 saturated carbocycles. The Labute approximate surface area is 191 Å². The number of carbonyl (C=O) groups excluding carboxylic acids is 2. The largest absolute Gasteiger partial charge is 0.309 e. The number of hydrogen-bond donors (Lipinski definition) is 3. The molecule has 0 aliphatic heterocycles. The predicted molar refractivity (Wildman–Crippen MR) is 129 cm³/mol. The molecule has 8 nitrogen and oxygen atoms in total. The summed E-state index contributed by atoms with van der Waals surface area (Å²) >= 11 is 0. The molecule has 0 radical (unpaired) electrons. The highest BCUT2D eigenvalue weighted by molar-refractivity contribution is 6.04. The fourth-order valence-electron chi connectivity index (χ4n) is 3.49. The Bertz CT molecular complexity index is 1320. The Kier molecular flexibility index (Phi) is 6.37. The summed E-state index contributed by atoms with van der Waals surface area (Å²) < 4.78 is 0. The molecular weight excluding hydrogens is 416 g/mol. The summed E-state index contributed by atoms with van der Waals surface area (Å²) in [6, 6.07) is 16.1. The first kappa shape index (κ1) is 22.0. The number of aryl methyl sites for hydroxylation is 1. The summed E-state index contributed by atoms with van der Waals surface area (Å²) in [6.45, 7) is 3.76. The number of anilines is 2. The first-order valence-electron chi connectivity index (χ1n) is 10.5. The number of nitrogens with zero attached hydrogens (tertiary/aromatic N) is 3. The molecule has 1 unspecified atom stereocenters. The van der Waals surface area contributed by atoms with Crippen LogP contribution < -0.4 is 16.0 Å². The monoisotopic (exact) mass is 440 g/mol. The molecule has 0 fully saturated rings.